The first-order chi connectivity index (χ1) is 17.6. The van der Waals surface area contributed by atoms with Gasteiger partial charge >= 0.3 is 5.97 Å². The Hall–Kier alpha value is -1.57. The van der Waals surface area contributed by atoms with Crippen molar-refractivity contribution in [3.05, 3.63) is 47.5 Å². The third-order valence-electron chi connectivity index (χ3n) is 12.3. The van der Waals surface area contributed by atoms with Gasteiger partial charge in [-0.2, -0.15) is 0 Å². The van der Waals surface area contributed by atoms with Crippen LogP contribution >= 0.6 is 0 Å². The Bertz CT molecular complexity index is 978. The lowest BCUT2D eigenvalue weighted by atomic mass is 9.46. The second-order valence-corrected chi connectivity index (χ2v) is 14.4. The van der Waals surface area contributed by atoms with Crippen LogP contribution < -0.4 is 0 Å². The van der Waals surface area contributed by atoms with E-state index < -0.39 is 0 Å². The fourth-order valence-electron chi connectivity index (χ4n) is 9.60. The summed E-state index contributed by atoms with van der Waals surface area (Å²) >= 11 is 0. The fourth-order valence-corrected chi connectivity index (χ4v) is 9.60. The van der Waals surface area contributed by atoms with Crippen molar-refractivity contribution in [3.63, 3.8) is 0 Å². The van der Waals surface area contributed by atoms with E-state index in [0.717, 1.165) is 47.8 Å². The molecule has 5 rings (SSSR count). The zero-order valence-corrected chi connectivity index (χ0v) is 24.5. The first kappa shape index (κ1) is 27.0. The van der Waals surface area contributed by atoms with Gasteiger partial charge in [0.2, 0.25) is 0 Å². The molecule has 0 N–H and O–H groups in total. The van der Waals surface area contributed by atoms with Gasteiger partial charge in [-0.3, -0.25) is 0 Å². The zero-order chi connectivity index (χ0) is 26.4. The summed E-state index contributed by atoms with van der Waals surface area (Å²) in [5.74, 6) is 5.84. The van der Waals surface area contributed by atoms with Crippen LogP contribution in [0.25, 0.3) is 0 Å². The Labute approximate surface area is 227 Å². The summed E-state index contributed by atoms with van der Waals surface area (Å²) in [7, 11) is 0. The van der Waals surface area contributed by atoms with Crippen molar-refractivity contribution >= 4 is 5.97 Å². The minimum Gasteiger partial charge on any atom is -0.455 e. The van der Waals surface area contributed by atoms with Crippen LogP contribution in [0, 0.1) is 52.3 Å². The zero-order valence-electron chi connectivity index (χ0n) is 24.5. The average molecular weight is 505 g/mol. The molecule has 4 aliphatic rings. The molecule has 1 aromatic carbocycles. The quantitative estimate of drug-likeness (QED) is 0.273. The molecule has 2 heteroatoms. The van der Waals surface area contributed by atoms with Gasteiger partial charge in [0, 0.05) is 0 Å². The molecule has 4 aliphatic carbocycles. The molecule has 204 valence electrons. The van der Waals surface area contributed by atoms with Crippen LogP contribution in [0.2, 0.25) is 0 Å². The molecule has 0 heterocycles. The Morgan fingerprint density at radius 1 is 0.919 bits per heavy atom. The molecule has 2 nitrogen and oxygen atoms in total. The van der Waals surface area contributed by atoms with Gasteiger partial charge in [0.15, 0.2) is 0 Å². The van der Waals surface area contributed by atoms with Crippen molar-refractivity contribution in [2.24, 2.45) is 52.3 Å². The summed E-state index contributed by atoms with van der Waals surface area (Å²) < 4.78 is 5.97. The van der Waals surface area contributed by atoms with Crippen molar-refractivity contribution in [1.29, 1.82) is 0 Å². The highest BCUT2D eigenvalue weighted by molar-refractivity contribution is 5.89. The molecular formula is C35H52O2. The van der Waals surface area contributed by atoms with Crippen molar-refractivity contribution in [1.82, 2.24) is 0 Å². The number of rotatable bonds is 7. The Morgan fingerprint density at radius 2 is 1.68 bits per heavy atom. The maximum atomic E-state index is 12.7. The molecule has 37 heavy (non-hydrogen) atoms. The van der Waals surface area contributed by atoms with Gasteiger partial charge in [-0.05, 0) is 122 Å². The number of carbonyl (C=O) groups excluding carboxylic acids is 1. The molecule has 0 bridgehead atoms. The van der Waals surface area contributed by atoms with Gasteiger partial charge < -0.3 is 4.74 Å². The summed E-state index contributed by atoms with van der Waals surface area (Å²) in [6, 6.07) is 9.47. The van der Waals surface area contributed by atoms with E-state index in [4.69, 9.17) is 4.74 Å². The van der Waals surface area contributed by atoms with Crippen LogP contribution in [0.5, 0.6) is 0 Å². The van der Waals surface area contributed by atoms with Gasteiger partial charge in [-0.1, -0.05) is 78.2 Å². The van der Waals surface area contributed by atoms with Crippen molar-refractivity contribution in [3.8, 4) is 0 Å². The summed E-state index contributed by atoms with van der Waals surface area (Å²) in [6.07, 6.45) is 15.5. The van der Waals surface area contributed by atoms with E-state index in [1.54, 1.807) is 5.57 Å². The normalized spacial score (nSPS) is 38.7. The average Bonchev–Trinajstić information content (AvgIpc) is 3.25. The molecule has 0 radical (unpaired) electrons. The summed E-state index contributed by atoms with van der Waals surface area (Å²) in [6.45, 7) is 15.1. The number of allylic oxidation sites excluding steroid dienone is 1. The molecule has 9 atom stereocenters. The molecule has 3 fully saturated rings. The number of benzene rings is 1. The van der Waals surface area contributed by atoms with Crippen LogP contribution in [0.4, 0.5) is 0 Å². The van der Waals surface area contributed by atoms with Crippen molar-refractivity contribution < 1.29 is 9.53 Å². The van der Waals surface area contributed by atoms with E-state index in [9.17, 15) is 4.79 Å². The Morgan fingerprint density at radius 3 is 2.41 bits per heavy atom. The predicted octanol–water partition coefficient (Wildman–Crippen LogP) is 9.50. The van der Waals surface area contributed by atoms with Gasteiger partial charge in [0.25, 0.3) is 0 Å². The number of carbonyl (C=O) groups is 1. The molecule has 1 aromatic rings. The Kier molecular flexibility index (Phi) is 7.69. The third kappa shape index (κ3) is 4.96. The summed E-state index contributed by atoms with van der Waals surface area (Å²) in [5.41, 5.74) is 3.10. The second kappa shape index (κ2) is 10.5. The molecular weight excluding hydrogens is 452 g/mol. The smallest absolute Gasteiger partial charge is 0.338 e. The lowest BCUT2D eigenvalue weighted by Crippen LogP contribution is -2.51. The maximum Gasteiger partial charge on any atom is 0.338 e. The van der Waals surface area contributed by atoms with Crippen molar-refractivity contribution in [2.75, 3.05) is 0 Å². The van der Waals surface area contributed by atoms with Gasteiger partial charge in [-0.15, -0.1) is 0 Å². The largest absolute Gasteiger partial charge is 0.455 e. The standard InChI is InChI=1S/C35H52O2/c1-23(2)24(3)12-13-25(4)30-16-17-31-29-15-14-27-22-28(37-33(36)26-10-8-7-9-11-26)18-20-34(27,5)32(29)19-21-35(30,31)6/h7-11,22-25,28-32H,12-21H2,1-6H3. The minimum absolute atomic E-state index is 0.0638. The van der Waals surface area contributed by atoms with E-state index in [0.29, 0.717) is 16.4 Å². The minimum atomic E-state index is -0.179. The maximum absolute atomic E-state index is 12.7. The van der Waals surface area contributed by atoms with Crippen LogP contribution in [-0.2, 0) is 4.74 Å². The monoisotopic (exact) mass is 504 g/mol. The molecule has 0 amide bonds. The van der Waals surface area contributed by atoms with Gasteiger partial charge in [0.1, 0.15) is 6.10 Å². The highest BCUT2D eigenvalue weighted by Crippen LogP contribution is 2.67. The lowest BCUT2D eigenvalue weighted by molar-refractivity contribution is -0.0637. The SMILES string of the molecule is CC(C)C(C)CCC(C)C1CCC2C3CCC4=CC(OC(=O)c5ccccc5)CCC4(C)C3CCC12C. The molecule has 0 saturated heterocycles. The Balaban J connectivity index is 1.26. The van der Waals surface area contributed by atoms with Gasteiger partial charge in [0.05, 0.1) is 5.56 Å². The number of ether oxygens (including phenoxy) is 1. The van der Waals surface area contributed by atoms with E-state index in [2.05, 4.69) is 47.6 Å². The molecule has 0 spiro atoms. The summed E-state index contributed by atoms with van der Waals surface area (Å²) in [4.78, 5) is 12.7. The van der Waals surface area contributed by atoms with E-state index >= 15 is 0 Å². The number of esters is 1. The van der Waals surface area contributed by atoms with Crippen LogP contribution in [0.15, 0.2) is 42.0 Å². The molecule has 9 unspecified atom stereocenters. The predicted molar refractivity (Wildman–Crippen MR) is 153 cm³/mol. The highest BCUT2D eigenvalue weighted by atomic mass is 16.5. The van der Waals surface area contributed by atoms with Crippen molar-refractivity contribution in [2.45, 2.75) is 112 Å². The van der Waals surface area contributed by atoms with E-state index in [1.165, 1.54) is 57.8 Å². The lowest BCUT2D eigenvalue weighted by Gasteiger charge is -2.59. The third-order valence-corrected chi connectivity index (χ3v) is 12.3. The topological polar surface area (TPSA) is 26.3 Å². The van der Waals surface area contributed by atoms with Crippen LogP contribution in [0.1, 0.15) is 116 Å². The first-order valence-electron chi connectivity index (χ1n) is 15.6. The fraction of sp³-hybridized carbons (Fsp3) is 0.743. The molecule has 0 aromatic heterocycles. The summed E-state index contributed by atoms with van der Waals surface area (Å²) in [5, 5.41) is 0. The molecule has 3 saturated carbocycles. The van der Waals surface area contributed by atoms with Crippen LogP contribution in [0.3, 0.4) is 0 Å². The number of hydrogen-bond donors (Lipinski definition) is 0. The first-order valence-corrected chi connectivity index (χ1v) is 15.6. The number of fused-ring (bicyclic) bond motifs is 5. The highest BCUT2D eigenvalue weighted by Gasteiger charge is 2.59. The van der Waals surface area contributed by atoms with E-state index in [-0.39, 0.29) is 12.1 Å². The number of hydrogen-bond acceptors (Lipinski definition) is 2. The second-order valence-electron chi connectivity index (χ2n) is 14.4. The van der Waals surface area contributed by atoms with Crippen LogP contribution in [-0.4, -0.2) is 12.1 Å². The van der Waals surface area contributed by atoms with E-state index in [1.807, 2.05) is 30.3 Å². The molecule has 0 aliphatic heterocycles. The van der Waals surface area contributed by atoms with Gasteiger partial charge in [-0.25, -0.2) is 4.79 Å².